The smallest absolute Gasteiger partial charge is 0.412 e. The molecule has 0 saturated carbocycles. The summed E-state index contributed by atoms with van der Waals surface area (Å²) >= 11 is 0. The van der Waals surface area contributed by atoms with Crippen LogP contribution in [0.4, 0.5) is 10.5 Å². The molecule has 2 aliphatic heterocycles. The number of rotatable bonds is 6. The zero-order chi connectivity index (χ0) is 19.4. The number of benzene rings is 1. The molecule has 6 heteroatoms. The van der Waals surface area contributed by atoms with E-state index in [0.29, 0.717) is 23.5 Å². The third kappa shape index (κ3) is 4.95. The zero-order valence-corrected chi connectivity index (χ0v) is 16.4. The summed E-state index contributed by atoms with van der Waals surface area (Å²) in [5.74, 6) is 0.631. The lowest BCUT2D eigenvalue weighted by atomic mass is 9.82. The second-order valence-electron chi connectivity index (χ2n) is 7.71. The number of nitrogens with two attached hydrogens (primary N) is 1. The molecule has 2 atom stereocenters. The largest absolute Gasteiger partial charge is 0.495 e. The molecule has 2 aliphatic rings. The van der Waals surface area contributed by atoms with Gasteiger partial charge in [0.2, 0.25) is 0 Å². The summed E-state index contributed by atoms with van der Waals surface area (Å²) in [6.45, 7) is 6.73. The molecule has 3 rings (SSSR count). The molecule has 0 spiro atoms. The molecule has 2 unspecified atom stereocenters. The van der Waals surface area contributed by atoms with Gasteiger partial charge in [0.05, 0.1) is 12.8 Å². The fourth-order valence-corrected chi connectivity index (χ4v) is 4.37. The van der Waals surface area contributed by atoms with E-state index in [1.54, 1.807) is 7.11 Å². The topological polar surface area (TPSA) is 76.8 Å². The third-order valence-corrected chi connectivity index (χ3v) is 5.64. The predicted octanol–water partition coefficient (Wildman–Crippen LogP) is 3.80. The van der Waals surface area contributed by atoms with Crippen LogP contribution in [0.15, 0.2) is 30.5 Å². The molecule has 1 amide bonds. The van der Waals surface area contributed by atoms with Gasteiger partial charge in [0.15, 0.2) is 0 Å². The van der Waals surface area contributed by atoms with Crippen molar-refractivity contribution in [3.63, 3.8) is 0 Å². The number of carbonyl (C=O) groups is 1. The molecular weight excluding hydrogens is 342 g/mol. The Labute approximate surface area is 161 Å². The van der Waals surface area contributed by atoms with E-state index in [-0.39, 0.29) is 6.10 Å². The first-order valence-corrected chi connectivity index (χ1v) is 9.77. The minimum absolute atomic E-state index is 0.0477. The van der Waals surface area contributed by atoms with Crippen LogP contribution in [-0.4, -0.2) is 42.8 Å². The lowest BCUT2D eigenvalue weighted by molar-refractivity contribution is -0.0295. The summed E-state index contributed by atoms with van der Waals surface area (Å²) in [7, 11) is 1.59. The van der Waals surface area contributed by atoms with Crippen LogP contribution < -0.4 is 15.8 Å². The Morgan fingerprint density at radius 3 is 2.67 bits per heavy atom. The Hall–Kier alpha value is -2.21. The Bertz CT molecular complexity index is 677. The average molecular weight is 373 g/mol. The number of fused-ring (bicyclic) bond motifs is 2. The zero-order valence-electron chi connectivity index (χ0n) is 16.4. The Balaban J connectivity index is 1.58. The molecular formula is C21H31N3O3. The highest BCUT2D eigenvalue weighted by Gasteiger charge is 2.39. The molecule has 2 fully saturated rings. The van der Waals surface area contributed by atoms with Crippen molar-refractivity contribution >= 4 is 11.8 Å². The number of piperidine rings is 2. The van der Waals surface area contributed by atoms with Gasteiger partial charge in [0.25, 0.3) is 0 Å². The second-order valence-corrected chi connectivity index (χ2v) is 7.71. The molecule has 0 radical (unpaired) electrons. The summed E-state index contributed by atoms with van der Waals surface area (Å²) < 4.78 is 11.1. The number of amides is 1. The van der Waals surface area contributed by atoms with Gasteiger partial charge in [-0.3, -0.25) is 10.2 Å². The number of carbonyl (C=O) groups excluding carboxylic acids is 1. The molecule has 3 N–H and O–H groups in total. The van der Waals surface area contributed by atoms with Crippen molar-refractivity contribution in [3.05, 3.63) is 36.0 Å². The number of nitrogens with one attached hydrogen (secondary N) is 1. The van der Waals surface area contributed by atoms with Gasteiger partial charge in [-0.2, -0.15) is 0 Å². The molecule has 6 nitrogen and oxygen atoms in total. The summed E-state index contributed by atoms with van der Waals surface area (Å²) in [5.41, 5.74) is 8.18. The van der Waals surface area contributed by atoms with Crippen LogP contribution in [0, 0.1) is 6.92 Å². The van der Waals surface area contributed by atoms with E-state index in [1.807, 2.05) is 25.1 Å². The number of methoxy groups -OCH3 is 1. The number of anilines is 1. The van der Waals surface area contributed by atoms with Crippen LogP contribution in [-0.2, 0) is 4.74 Å². The first-order valence-electron chi connectivity index (χ1n) is 9.77. The molecule has 0 aliphatic carbocycles. The average Bonchev–Trinajstić information content (AvgIpc) is 2.59. The summed E-state index contributed by atoms with van der Waals surface area (Å²) in [4.78, 5) is 15.0. The van der Waals surface area contributed by atoms with E-state index in [1.165, 1.54) is 6.42 Å². The predicted molar refractivity (Wildman–Crippen MR) is 107 cm³/mol. The summed E-state index contributed by atoms with van der Waals surface area (Å²) in [6.07, 6.45) is 5.68. The Morgan fingerprint density at radius 2 is 2.04 bits per heavy atom. The van der Waals surface area contributed by atoms with Crippen LogP contribution in [0.1, 0.15) is 44.1 Å². The maximum atomic E-state index is 12.4. The van der Waals surface area contributed by atoms with E-state index in [2.05, 4.69) is 16.8 Å². The van der Waals surface area contributed by atoms with Crippen molar-refractivity contribution in [1.29, 1.82) is 0 Å². The maximum absolute atomic E-state index is 12.4. The van der Waals surface area contributed by atoms with Crippen molar-refractivity contribution in [2.75, 3.05) is 19.0 Å². The molecule has 2 heterocycles. The van der Waals surface area contributed by atoms with Gasteiger partial charge in [0, 0.05) is 37.2 Å². The number of nitrogens with zero attached hydrogens (tertiary/aromatic N) is 1. The molecule has 2 bridgehead atoms. The van der Waals surface area contributed by atoms with Gasteiger partial charge in [0.1, 0.15) is 11.9 Å². The number of hydrogen-bond acceptors (Lipinski definition) is 5. The van der Waals surface area contributed by atoms with Crippen molar-refractivity contribution in [1.82, 2.24) is 4.90 Å². The Morgan fingerprint density at radius 1 is 1.33 bits per heavy atom. The normalized spacial score (nSPS) is 24.9. The molecule has 2 saturated heterocycles. The molecule has 27 heavy (non-hydrogen) atoms. The highest BCUT2D eigenvalue weighted by atomic mass is 16.6. The van der Waals surface area contributed by atoms with Crippen molar-refractivity contribution < 1.29 is 14.3 Å². The van der Waals surface area contributed by atoms with Crippen molar-refractivity contribution in [2.45, 2.75) is 63.6 Å². The fraction of sp³-hybridized carbons (Fsp3) is 0.571. The first-order chi connectivity index (χ1) is 13.0. The monoisotopic (exact) mass is 373 g/mol. The van der Waals surface area contributed by atoms with Crippen LogP contribution in [0.2, 0.25) is 0 Å². The van der Waals surface area contributed by atoms with E-state index in [0.717, 1.165) is 49.9 Å². The lowest BCUT2D eigenvalue weighted by Gasteiger charge is -2.48. The van der Waals surface area contributed by atoms with Gasteiger partial charge in [-0.25, -0.2) is 4.79 Å². The van der Waals surface area contributed by atoms with Crippen LogP contribution >= 0.6 is 0 Å². The van der Waals surface area contributed by atoms with Gasteiger partial charge in [-0.05, 0) is 43.9 Å². The molecule has 1 aromatic carbocycles. The van der Waals surface area contributed by atoms with Crippen LogP contribution in [0.3, 0.4) is 0 Å². The SMILES string of the molecule is C=C(N)CCN1C2CCCC1CC(OC(=O)Nc1cc(C)ccc1OC)C2. The van der Waals surface area contributed by atoms with E-state index < -0.39 is 6.09 Å². The number of ether oxygens (including phenoxy) is 2. The quantitative estimate of drug-likeness (QED) is 0.793. The molecule has 0 aromatic heterocycles. The second kappa shape index (κ2) is 8.65. The van der Waals surface area contributed by atoms with Crippen molar-refractivity contribution in [2.24, 2.45) is 5.73 Å². The first kappa shape index (κ1) is 19.5. The van der Waals surface area contributed by atoms with Crippen LogP contribution in [0.5, 0.6) is 5.75 Å². The van der Waals surface area contributed by atoms with Gasteiger partial charge >= 0.3 is 6.09 Å². The van der Waals surface area contributed by atoms with Gasteiger partial charge in [-0.15, -0.1) is 0 Å². The highest BCUT2D eigenvalue weighted by molar-refractivity contribution is 5.87. The highest BCUT2D eigenvalue weighted by Crippen LogP contribution is 2.35. The van der Waals surface area contributed by atoms with Crippen molar-refractivity contribution in [3.8, 4) is 5.75 Å². The maximum Gasteiger partial charge on any atom is 0.412 e. The summed E-state index contributed by atoms with van der Waals surface area (Å²) in [6, 6.07) is 6.60. The van der Waals surface area contributed by atoms with Gasteiger partial charge < -0.3 is 15.2 Å². The van der Waals surface area contributed by atoms with E-state index in [4.69, 9.17) is 15.2 Å². The fourth-order valence-electron chi connectivity index (χ4n) is 4.37. The minimum atomic E-state index is -0.411. The van der Waals surface area contributed by atoms with E-state index >= 15 is 0 Å². The third-order valence-electron chi connectivity index (χ3n) is 5.64. The lowest BCUT2D eigenvalue weighted by Crippen LogP contribution is -2.54. The standard InChI is InChI=1S/C21H31N3O3/c1-14-7-8-20(26-3)19(11-14)23-21(25)27-18-12-16-5-4-6-17(13-18)24(16)10-9-15(2)22/h7-8,11,16-18H,2,4-6,9-10,12-13,22H2,1,3H3,(H,23,25). The van der Waals surface area contributed by atoms with Crippen LogP contribution in [0.25, 0.3) is 0 Å². The summed E-state index contributed by atoms with van der Waals surface area (Å²) in [5, 5.41) is 2.84. The minimum Gasteiger partial charge on any atom is -0.495 e. The number of hydrogen-bond donors (Lipinski definition) is 2. The Kier molecular flexibility index (Phi) is 6.26. The molecule has 148 valence electrons. The number of aryl methyl sites for hydroxylation is 1. The molecule has 1 aromatic rings. The van der Waals surface area contributed by atoms with Gasteiger partial charge in [-0.1, -0.05) is 19.1 Å². The van der Waals surface area contributed by atoms with E-state index in [9.17, 15) is 4.79 Å².